The molecular weight excluding hydrogens is 198 g/mol. The maximum Gasteiger partial charge on any atom is 0.243 e. The van der Waals surface area contributed by atoms with Crippen molar-refractivity contribution >= 4 is 17.8 Å². The Morgan fingerprint density at radius 2 is 2.14 bits per heavy atom. The average Bonchev–Trinajstić information content (AvgIpc) is 2.18. The minimum Gasteiger partial charge on any atom is -0.259 e. The molecule has 0 atom stereocenters. The van der Waals surface area contributed by atoms with E-state index in [2.05, 4.69) is 0 Å². The second kappa shape index (κ2) is 4.81. The predicted octanol–water partition coefficient (Wildman–Crippen LogP) is 3.05. The van der Waals surface area contributed by atoms with Crippen molar-refractivity contribution in [3.8, 4) is 0 Å². The van der Waals surface area contributed by atoms with Gasteiger partial charge in [0.05, 0.1) is 4.92 Å². The molecule has 1 rings (SSSR count). The van der Waals surface area contributed by atoms with Crippen LogP contribution in [0.1, 0.15) is 12.5 Å². The molecule has 0 N–H and O–H groups in total. The summed E-state index contributed by atoms with van der Waals surface area (Å²) in [5.74, 6) is 0. The molecular formula is C10H11NO2S. The SMILES string of the molecule is CSc1ccccc1C=C(C)[N+](=O)[O-]. The van der Waals surface area contributed by atoms with Crippen LogP contribution < -0.4 is 0 Å². The quantitative estimate of drug-likeness (QED) is 0.436. The lowest BCUT2D eigenvalue weighted by Gasteiger charge is -2.00. The molecule has 0 radical (unpaired) electrons. The van der Waals surface area contributed by atoms with Crippen LogP contribution in [0.5, 0.6) is 0 Å². The van der Waals surface area contributed by atoms with Gasteiger partial charge < -0.3 is 0 Å². The summed E-state index contributed by atoms with van der Waals surface area (Å²) in [7, 11) is 0. The number of nitrogens with zero attached hydrogens (tertiary/aromatic N) is 1. The van der Waals surface area contributed by atoms with Gasteiger partial charge in [-0.1, -0.05) is 18.2 Å². The van der Waals surface area contributed by atoms with E-state index in [0.717, 1.165) is 10.5 Å². The van der Waals surface area contributed by atoms with E-state index in [-0.39, 0.29) is 10.6 Å². The molecule has 3 nitrogen and oxygen atoms in total. The van der Waals surface area contributed by atoms with Crippen LogP contribution in [0, 0.1) is 10.1 Å². The Balaban J connectivity index is 3.07. The fourth-order valence-electron chi connectivity index (χ4n) is 1.06. The monoisotopic (exact) mass is 209 g/mol. The first kappa shape index (κ1) is 10.8. The third kappa shape index (κ3) is 2.60. The smallest absolute Gasteiger partial charge is 0.243 e. The van der Waals surface area contributed by atoms with Crippen molar-refractivity contribution in [3.05, 3.63) is 45.6 Å². The fraction of sp³-hybridized carbons (Fsp3) is 0.200. The van der Waals surface area contributed by atoms with Crippen molar-refractivity contribution in [3.63, 3.8) is 0 Å². The molecule has 0 saturated carbocycles. The topological polar surface area (TPSA) is 43.1 Å². The van der Waals surface area contributed by atoms with E-state index in [9.17, 15) is 10.1 Å². The number of allylic oxidation sites excluding steroid dienone is 1. The molecule has 74 valence electrons. The highest BCUT2D eigenvalue weighted by Gasteiger charge is 2.04. The third-order valence-electron chi connectivity index (χ3n) is 1.79. The Labute approximate surface area is 87.0 Å². The van der Waals surface area contributed by atoms with Gasteiger partial charge in [-0.25, -0.2) is 0 Å². The van der Waals surface area contributed by atoms with Crippen molar-refractivity contribution in [2.24, 2.45) is 0 Å². The van der Waals surface area contributed by atoms with E-state index in [4.69, 9.17) is 0 Å². The van der Waals surface area contributed by atoms with Crippen molar-refractivity contribution < 1.29 is 4.92 Å². The van der Waals surface area contributed by atoms with Gasteiger partial charge in [0.1, 0.15) is 0 Å². The molecule has 0 unspecified atom stereocenters. The first-order chi connectivity index (χ1) is 6.65. The number of hydrogen-bond acceptors (Lipinski definition) is 3. The van der Waals surface area contributed by atoms with Crippen molar-refractivity contribution in [2.75, 3.05) is 6.26 Å². The maximum atomic E-state index is 10.4. The molecule has 0 spiro atoms. The van der Waals surface area contributed by atoms with Gasteiger partial charge in [-0.05, 0) is 17.9 Å². The molecule has 0 aliphatic heterocycles. The highest BCUT2D eigenvalue weighted by atomic mass is 32.2. The summed E-state index contributed by atoms with van der Waals surface area (Å²) < 4.78 is 0. The van der Waals surface area contributed by atoms with Crippen LogP contribution in [0.2, 0.25) is 0 Å². The zero-order valence-electron chi connectivity index (χ0n) is 8.06. The minimum atomic E-state index is -0.378. The van der Waals surface area contributed by atoms with Crippen LogP contribution in [-0.2, 0) is 0 Å². The number of thioether (sulfide) groups is 1. The minimum absolute atomic E-state index is 0.159. The van der Waals surface area contributed by atoms with Gasteiger partial charge in [-0.15, -0.1) is 11.8 Å². The molecule has 1 aromatic carbocycles. The predicted molar refractivity (Wildman–Crippen MR) is 58.9 cm³/mol. The largest absolute Gasteiger partial charge is 0.259 e. The maximum absolute atomic E-state index is 10.4. The van der Waals surface area contributed by atoms with E-state index in [0.29, 0.717) is 0 Å². The van der Waals surface area contributed by atoms with E-state index >= 15 is 0 Å². The molecule has 0 amide bonds. The first-order valence-corrected chi connectivity index (χ1v) is 5.33. The van der Waals surface area contributed by atoms with Gasteiger partial charge >= 0.3 is 0 Å². The van der Waals surface area contributed by atoms with E-state index in [1.165, 1.54) is 6.92 Å². The van der Waals surface area contributed by atoms with Gasteiger partial charge in [0.2, 0.25) is 5.70 Å². The summed E-state index contributed by atoms with van der Waals surface area (Å²) in [6.45, 7) is 1.50. The molecule has 0 bridgehead atoms. The molecule has 4 heteroatoms. The van der Waals surface area contributed by atoms with Crippen LogP contribution in [-0.4, -0.2) is 11.2 Å². The summed E-state index contributed by atoms with van der Waals surface area (Å²) >= 11 is 1.58. The zero-order valence-corrected chi connectivity index (χ0v) is 8.88. The molecule has 0 aromatic heterocycles. The second-order valence-corrected chi connectivity index (χ2v) is 3.63. The number of benzene rings is 1. The normalized spacial score (nSPS) is 11.4. The molecule has 0 saturated heterocycles. The molecule has 0 aliphatic rings. The lowest BCUT2D eigenvalue weighted by atomic mass is 10.2. The summed E-state index contributed by atoms with van der Waals surface area (Å²) in [6.07, 6.45) is 3.54. The number of hydrogen-bond donors (Lipinski definition) is 0. The summed E-state index contributed by atoms with van der Waals surface area (Å²) in [4.78, 5) is 11.1. The van der Waals surface area contributed by atoms with Crippen LogP contribution in [0.15, 0.2) is 34.9 Å². The Morgan fingerprint density at radius 3 is 2.71 bits per heavy atom. The standard InChI is InChI=1S/C10H11NO2S/c1-8(11(12)13)7-9-5-3-4-6-10(9)14-2/h3-7H,1-2H3. The highest BCUT2D eigenvalue weighted by molar-refractivity contribution is 7.98. The number of rotatable bonds is 3. The average molecular weight is 209 g/mol. The fourth-order valence-corrected chi connectivity index (χ4v) is 1.64. The molecule has 1 aromatic rings. The summed E-state index contributed by atoms with van der Waals surface area (Å²) in [5, 5.41) is 10.4. The second-order valence-electron chi connectivity index (χ2n) is 2.78. The summed E-state index contributed by atoms with van der Waals surface area (Å²) in [5.41, 5.74) is 1.06. The summed E-state index contributed by atoms with van der Waals surface area (Å²) in [6, 6.07) is 7.62. The van der Waals surface area contributed by atoms with Gasteiger partial charge in [0.15, 0.2) is 0 Å². The van der Waals surface area contributed by atoms with Crippen LogP contribution >= 0.6 is 11.8 Å². The van der Waals surface area contributed by atoms with Crippen LogP contribution in [0.3, 0.4) is 0 Å². The van der Waals surface area contributed by atoms with Crippen molar-refractivity contribution in [1.82, 2.24) is 0 Å². The van der Waals surface area contributed by atoms with Crippen LogP contribution in [0.4, 0.5) is 0 Å². The highest BCUT2D eigenvalue weighted by Crippen LogP contribution is 2.22. The van der Waals surface area contributed by atoms with Gasteiger partial charge in [-0.2, -0.15) is 0 Å². The van der Waals surface area contributed by atoms with Crippen molar-refractivity contribution in [1.29, 1.82) is 0 Å². The third-order valence-corrected chi connectivity index (χ3v) is 2.60. The molecule has 0 heterocycles. The Bertz CT molecular complexity index is 374. The molecule has 14 heavy (non-hydrogen) atoms. The van der Waals surface area contributed by atoms with E-state index in [1.54, 1.807) is 17.8 Å². The van der Waals surface area contributed by atoms with E-state index in [1.807, 2.05) is 30.5 Å². The van der Waals surface area contributed by atoms with Gasteiger partial charge in [0, 0.05) is 17.9 Å². The Morgan fingerprint density at radius 1 is 1.50 bits per heavy atom. The lowest BCUT2D eigenvalue weighted by molar-refractivity contribution is -0.422. The number of nitro groups is 1. The molecule has 0 fully saturated rings. The van der Waals surface area contributed by atoms with Gasteiger partial charge in [-0.3, -0.25) is 10.1 Å². The first-order valence-electron chi connectivity index (χ1n) is 4.11. The van der Waals surface area contributed by atoms with Crippen molar-refractivity contribution in [2.45, 2.75) is 11.8 Å². The van der Waals surface area contributed by atoms with E-state index < -0.39 is 0 Å². The van der Waals surface area contributed by atoms with Gasteiger partial charge in [0.25, 0.3) is 0 Å². The lowest BCUT2D eigenvalue weighted by Crippen LogP contribution is -1.93. The Hall–Kier alpha value is -1.29. The Kier molecular flexibility index (Phi) is 3.71. The van der Waals surface area contributed by atoms with Crippen LogP contribution in [0.25, 0.3) is 6.08 Å². The zero-order chi connectivity index (χ0) is 10.6. The molecule has 0 aliphatic carbocycles.